The quantitative estimate of drug-likeness (QED) is 0.235. The molecule has 0 radical (unpaired) electrons. The number of aliphatic imine (C=N–C) groups is 1. The highest BCUT2D eigenvalue weighted by molar-refractivity contribution is 8.77. The van der Waals surface area contributed by atoms with Crippen molar-refractivity contribution in [2.24, 2.45) is 51.1 Å². The Labute approximate surface area is 260 Å². The molecular weight excluding hydrogens is 563 g/mol. The Morgan fingerprint density at radius 2 is 1.93 bits per heavy atom. The van der Waals surface area contributed by atoms with E-state index in [0.717, 1.165) is 75.7 Å². The summed E-state index contributed by atoms with van der Waals surface area (Å²) in [7, 11) is 4.26. The first-order valence-electron chi connectivity index (χ1n) is 16.9. The number of rotatable bonds is 4. The second-order valence-electron chi connectivity index (χ2n) is 14.9. The van der Waals surface area contributed by atoms with Crippen molar-refractivity contribution in [3.63, 3.8) is 0 Å². The minimum Gasteiger partial charge on any atom is -0.396 e. The van der Waals surface area contributed by atoms with Gasteiger partial charge in [-0.25, -0.2) is 0 Å². The SMILES string of the molecule is CC12CCSSC3(CCCCC3)C3(CCCC4=C5CC1CC(CO)C1C(CCCO)C=CC(C4=O)C512)CCN=C(N)N3. The van der Waals surface area contributed by atoms with Crippen LogP contribution >= 0.6 is 21.6 Å². The number of carbonyl (C=O) groups excluding carboxylic acids is 1. The molecule has 5 aliphatic carbocycles. The number of aliphatic hydroxyl groups is 2. The molecule has 3 saturated carbocycles. The Hall–Kier alpha value is -0.960. The van der Waals surface area contributed by atoms with E-state index in [2.05, 4.69) is 51.0 Å². The van der Waals surface area contributed by atoms with E-state index in [0.29, 0.717) is 23.6 Å². The minimum absolute atomic E-state index is 0.0438. The number of guanidine groups is 1. The number of allylic oxidation sites excluding steroid dienone is 4. The van der Waals surface area contributed by atoms with Crippen molar-refractivity contribution < 1.29 is 15.0 Å². The average Bonchev–Trinajstić information content (AvgIpc) is 3.28. The zero-order chi connectivity index (χ0) is 29.2. The standard InChI is InChI=1S/C34H51N3O3S2/c1-31-15-18-41-42-33(12-3-2-4-13-33)32(14-16-36-30(35)37-32)11-5-8-25-27-20-24(31)19-23(21-39)28-22(7-6-17-38)9-10-26(29(25)40)34(27,28)31/h9-10,22-24,26,28,38-39H,2-8,11-21H2,1H3,(H3,35,36,37). The van der Waals surface area contributed by atoms with Gasteiger partial charge in [0.15, 0.2) is 11.7 Å². The normalized spacial score (nSPS) is 44.4. The van der Waals surface area contributed by atoms with Crippen molar-refractivity contribution in [3.05, 3.63) is 23.3 Å². The fourth-order valence-electron chi connectivity index (χ4n) is 11.8. The molecule has 6 nitrogen and oxygen atoms in total. The molecule has 3 spiro atoms. The van der Waals surface area contributed by atoms with Crippen molar-refractivity contribution in [1.82, 2.24) is 5.32 Å². The van der Waals surface area contributed by atoms with Crippen molar-refractivity contribution in [3.8, 4) is 0 Å². The molecule has 0 aromatic carbocycles. The van der Waals surface area contributed by atoms with Crippen LogP contribution in [0.4, 0.5) is 0 Å². The van der Waals surface area contributed by atoms with Crippen LogP contribution in [0.1, 0.15) is 96.8 Å². The molecule has 8 unspecified atom stereocenters. The average molecular weight is 614 g/mol. The number of nitrogens with zero attached hydrogens (tertiary/aromatic N) is 1. The van der Waals surface area contributed by atoms with Crippen LogP contribution in [0.3, 0.4) is 0 Å². The van der Waals surface area contributed by atoms with E-state index in [1.807, 2.05) is 0 Å². The highest BCUT2D eigenvalue weighted by Gasteiger charge is 2.74. The number of carbonyl (C=O) groups is 1. The maximum absolute atomic E-state index is 14.5. The lowest BCUT2D eigenvalue weighted by atomic mass is 9.41. The van der Waals surface area contributed by atoms with E-state index in [1.54, 1.807) is 0 Å². The third-order valence-corrected chi connectivity index (χ3v) is 16.9. The maximum Gasteiger partial charge on any atom is 0.189 e. The van der Waals surface area contributed by atoms with E-state index < -0.39 is 0 Å². The van der Waals surface area contributed by atoms with Gasteiger partial charge in [0.25, 0.3) is 0 Å². The molecule has 5 N–H and O–H groups in total. The Kier molecular flexibility index (Phi) is 7.88. The van der Waals surface area contributed by atoms with Gasteiger partial charge >= 0.3 is 0 Å². The van der Waals surface area contributed by atoms with Crippen LogP contribution in [0.2, 0.25) is 0 Å². The van der Waals surface area contributed by atoms with Crippen LogP contribution in [0.5, 0.6) is 0 Å². The molecule has 0 saturated heterocycles. The number of aliphatic hydroxyl groups excluding tert-OH is 2. The van der Waals surface area contributed by atoms with Crippen LogP contribution < -0.4 is 11.1 Å². The smallest absolute Gasteiger partial charge is 0.189 e. The third kappa shape index (κ3) is 4.05. The van der Waals surface area contributed by atoms with Crippen LogP contribution in [0.25, 0.3) is 0 Å². The molecule has 7 rings (SSSR count). The first-order valence-corrected chi connectivity index (χ1v) is 19.2. The second kappa shape index (κ2) is 11.1. The zero-order valence-electron chi connectivity index (χ0n) is 25.4. The fourth-order valence-corrected chi connectivity index (χ4v) is 15.6. The van der Waals surface area contributed by atoms with E-state index in [4.69, 9.17) is 5.73 Å². The summed E-state index contributed by atoms with van der Waals surface area (Å²) in [6.07, 6.45) is 19.7. The number of fused-ring (bicyclic) bond motifs is 1. The molecule has 8 atom stereocenters. The predicted octanol–water partition coefficient (Wildman–Crippen LogP) is 5.79. The molecule has 2 heterocycles. The molecule has 5 bridgehead atoms. The molecule has 0 aromatic rings. The molecule has 232 valence electrons. The van der Waals surface area contributed by atoms with Crippen LogP contribution in [-0.4, -0.2) is 57.8 Å². The van der Waals surface area contributed by atoms with Crippen molar-refractivity contribution >= 4 is 33.3 Å². The van der Waals surface area contributed by atoms with Crippen LogP contribution in [-0.2, 0) is 4.79 Å². The molecule has 7 aliphatic rings. The van der Waals surface area contributed by atoms with Gasteiger partial charge in [0.05, 0.1) is 11.5 Å². The maximum atomic E-state index is 14.5. The number of hydrogen-bond donors (Lipinski definition) is 4. The summed E-state index contributed by atoms with van der Waals surface area (Å²) in [5.41, 5.74) is 8.85. The van der Waals surface area contributed by atoms with Crippen LogP contribution in [0.15, 0.2) is 28.3 Å². The van der Waals surface area contributed by atoms with Crippen molar-refractivity contribution in [2.45, 2.75) is 107 Å². The van der Waals surface area contributed by atoms with Gasteiger partial charge in [-0.15, -0.1) is 0 Å². The highest BCUT2D eigenvalue weighted by Crippen LogP contribution is 2.79. The van der Waals surface area contributed by atoms with E-state index in [9.17, 15) is 15.0 Å². The summed E-state index contributed by atoms with van der Waals surface area (Å²) in [6.45, 7) is 3.73. The van der Waals surface area contributed by atoms with Gasteiger partial charge in [0.2, 0.25) is 0 Å². The van der Waals surface area contributed by atoms with Gasteiger partial charge in [-0.2, -0.15) is 0 Å². The molecule has 3 fully saturated rings. The van der Waals surface area contributed by atoms with Crippen molar-refractivity contribution in [1.29, 1.82) is 0 Å². The lowest BCUT2D eigenvalue weighted by Crippen LogP contribution is -2.66. The van der Waals surface area contributed by atoms with E-state index >= 15 is 0 Å². The van der Waals surface area contributed by atoms with Gasteiger partial charge in [-0.05, 0) is 105 Å². The van der Waals surface area contributed by atoms with Gasteiger partial charge < -0.3 is 21.3 Å². The van der Waals surface area contributed by atoms with Gasteiger partial charge in [0.1, 0.15) is 0 Å². The lowest BCUT2D eigenvalue weighted by Gasteiger charge is -2.61. The molecular formula is C34H51N3O3S2. The zero-order valence-corrected chi connectivity index (χ0v) is 27.0. The number of ketones is 1. The number of hydrogen-bond acceptors (Lipinski definition) is 8. The molecule has 42 heavy (non-hydrogen) atoms. The number of nitrogens with two attached hydrogens (primary N) is 1. The highest BCUT2D eigenvalue weighted by atomic mass is 33.1. The summed E-state index contributed by atoms with van der Waals surface area (Å²) >= 11 is 0. The Bertz CT molecular complexity index is 1180. The van der Waals surface area contributed by atoms with E-state index in [1.165, 1.54) is 37.7 Å². The summed E-state index contributed by atoms with van der Waals surface area (Å²) in [4.78, 5) is 19.1. The summed E-state index contributed by atoms with van der Waals surface area (Å²) in [5.74, 6) is 3.32. The molecule has 8 heteroatoms. The van der Waals surface area contributed by atoms with Gasteiger partial charge in [0, 0.05) is 35.7 Å². The molecule has 0 aromatic heterocycles. The predicted molar refractivity (Wildman–Crippen MR) is 173 cm³/mol. The monoisotopic (exact) mass is 613 g/mol. The van der Waals surface area contributed by atoms with Gasteiger partial charge in [-0.1, -0.05) is 65.5 Å². The topological polar surface area (TPSA) is 108 Å². The number of nitrogens with one attached hydrogen (secondary N) is 1. The first-order chi connectivity index (χ1) is 20.4. The van der Waals surface area contributed by atoms with Crippen LogP contribution in [0, 0.1) is 40.4 Å². The molecule has 2 aliphatic heterocycles. The fraction of sp³-hybridized carbons (Fsp3) is 0.824. The van der Waals surface area contributed by atoms with Crippen molar-refractivity contribution in [2.75, 3.05) is 25.5 Å². The molecule has 0 amide bonds. The Morgan fingerprint density at radius 3 is 2.69 bits per heavy atom. The first kappa shape index (κ1) is 29.7. The largest absolute Gasteiger partial charge is 0.396 e. The number of Topliss-reactive ketones (excluding diaryl/α,β-unsaturated/α-hetero) is 1. The Balaban J connectivity index is 1.32. The Morgan fingerprint density at radius 1 is 1.10 bits per heavy atom. The summed E-state index contributed by atoms with van der Waals surface area (Å²) in [6, 6.07) is 0. The van der Waals surface area contributed by atoms with E-state index in [-0.39, 0.29) is 52.1 Å². The lowest BCUT2D eigenvalue weighted by molar-refractivity contribution is -0.140. The minimum atomic E-state index is -0.176. The van der Waals surface area contributed by atoms with Gasteiger partial charge in [-0.3, -0.25) is 9.79 Å². The third-order valence-electron chi connectivity index (χ3n) is 13.5. The second-order valence-corrected chi connectivity index (χ2v) is 17.7. The summed E-state index contributed by atoms with van der Waals surface area (Å²) < 4.78 is 0.135. The summed E-state index contributed by atoms with van der Waals surface area (Å²) in [5, 5.41) is 24.3.